The van der Waals surface area contributed by atoms with Crippen LogP contribution in [0.1, 0.15) is 12.5 Å². The quantitative estimate of drug-likeness (QED) is 0.679. The Kier molecular flexibility index (Phi) is 5.04. The first-order valence-electron chi connectivity index (χ1n) is 4.72. The highest BCUT2D eigenvalue weighted by molar-refractivity contribution is 14.1. The van der Waals surface area contributed by atoms with Crippen molar-refractivity contribution < 1.29 is 14.6 Å². The SMILES string of the molecule is CCOC(=O)C(O)Cc1ccc(I)cc1. The summed E-state index contributed by atoms with van der Waals surface area (Å²) < 4.78 is 5.84. The first kappa shape index (κ1) is 12.4. The van der Waals surface area contributed by atoms with Gasteiger partial charge in [0.05, 0.1) is 6.61 Å². The molecule has 1 atom stereocenters. The second-order valence-corrected chi connectivity index (χ2v) is 4.34. The topological polar surface area (TPSA) is 46.5 Å². The van der Waals surface area contributed by atoms with Crippen molar-refractivity contribution in [3.63, 3.8) is 0 Å². The summed E-state index contributed by atoms with van der Waals surface area (Å²) in [5, 5.41) is 9.50. The summed E-state index contributed by atoms with van der Waals surface area (Å²) in [5.74, 6) is -0.559. The van der Waals surface area contributed by atoms with Gasteiger partial charge in [-0.05, 0) is 47.2 Å². The molecular weight excluding hydrogens is 307 g/mol. The minimum atomic E-state index is -1.06. The van der Waals surface area contributed by atoms with Gasteiger partial charge in [0, 0.05) is 9.99 Å². The third-order valence-corrected chi connectivity index (χ3v) is 2.62. The van der Waals surface area contributed by atoms with Gasteiger partial charge in [-0.1, -0.05) is 12.1 Å². The van der Waals surface area contributed by atoms with Crippen molar-refractivity contribution in [1.29, 1.82) is 0 Å². The Bertz CT molecular complexity index is 321. The number of aliphatic hydroxyl groups excluding tert-OH is 1. The predicted molar refractivity (Wildman–Crippen MR) is 65.5 cm³/mol. The third-order valence-electron chi connectivity index (χ3n) is 1.90. The molecule has 1 aromatic rings. The van der Waals surface area contributed by atoms with Crippen LogP contribution in [0.2, 0.25) is 0 Å². The van der Waals surface area contributed by atoms with Gasteiger partial charge in [0.1, 0.15) is 0 Å². The standard InChI is InChI=1S/C11H13IO3/c1-2-15-11(14)10(13)7-8-3-5-9(12)6-4-8/h3-6,10,13H,2,7H2,1H3. The van der Waals surface area contributed by atoms with Crippen molar-refractivity contribution in [3.8, 4) is 0 Å². The van der Waals surface area contributed by atoms with Gasteiger partial charge in [0.2, 0.25) is 0 Å². The van der Waals surface area contributed by atoms with Crippen LogP contribution in [0.3, 0.4) is 0 Å². The number of halogens is 1. The van der Waals surface area contributed by atoms with Gasteiger partial charge in [-0.25, -0.2) is 4.79 Å². The Labute approximate surface area is 103 Å². The normalized spacial score (nSPS) is 12.2. The Balaban J connectivity index is 2.54. The fourth-order valence-electron chi connectivity index (χ4n) is 1.17. The lowest BCUT2D eigenvalue weighted by Gasteiger charge is -2.09. The second kappa shape index (κ2) is 6.07. The van der Waals surface area contributed by atoms with Crippen molar-refractivity contribution in [1.82, 2.24) is 0 Å². The molecule has 4 heteroatoms. The molecule has 15 heavy (non-hydrogen) atoms. The van der Waals surface area contributed by atoms with Crippen LogP contribution in [-0.4, -0.2) is 23.8 Å². The number of ether oxygens (including phenoxy) is 1. The zero-order chi connectivity index (χ0) is 11.3. The molecule has 82 valence electrons. The summed E-state index contributed by atoms with van der Waals surface area (Å²) in [6, 6.07) is 7.66. The molecule has 0 bridgehead atoms. The first-order valence-corrected chi connectivity index (χ1v) is 5.80. The van der Waals surface area contributed by atoms with E-state index in [1.54, 1.807) is 6.92 Å². The third kappa shape index (κ3) is 4.17. The molecule has 0 heterocycles. The fourth-order valence-corrected chi connectivity index (χ4v) is 1.53. The van der Waals surface area contributed by atoms with E-state index >= 15 is 0 Å². The largest absolute Gasteiger partial charge is 0.464 e. The zero-order valence-electron chi connectivity index (χ0n) is 8.44. The molecule has 1 N–H and O–H groups in total. The van der Waals surface area contributed by atoms with Crippen LogP contribution in [0.25, 0.3) is 0 Å². The van der Waals surface area contributed by atoms with Crippen LogP contribution >= 0.6 is 22.6 Å². The molecule has 0 spiro atoms. The Morgan fingerprint density at radius 2 is 2.07 bits per heavy atom. The fraction of sp³-hybridized carbons (Fsp3) is 0.364. The Morgan fingerprint density at radius 3 is 2.60 bits per heavy atom. The van der Waals surface area contributed by atoms with E-state index < -0.39 is 12.1 Å². The lowest BCUT2D eigenvalue weighted by atomic mass is 10.1. The van der Waals surface area contributed by atoms with E-state index in [9.17, 15) is 9.90 Å². The molecule has 0 aliphatic rings. The lowest BCUT2D eigenvalue weighted by Crippen LogP contribution is -2.25. The molecular formula is C11H13IO3. The van der Waals surface area contributed by atoms with Crippen LogP contribution in [0.4, 0.5) is 0 Å². The smallest absolute Gasteiger partial charge is 0.335 e. The van der Waals surface area contributed by atoms with Crippen LogP contribution in [0.5, 0.6) is 0 Å². The summed E-state index contributed by atoms with van der Waals surface area (Å²) >= 11 is 2.20. The maximum Gasteiger partial charge on any atom is 0.335 e. The second-order valence-electron chi connectivity index (χ2n) is 3.10. The molecule has 1 unspecified atom stereocenters. The Morgan fingerprint density at radius 1 is 1.47 bits per heavy atom. The molecule has 0 amide bonds. The molecule has 0 aliphatic heterocycles. The minimum Gasteiger partial charge on any atom is -0.464 e. The maximum absolute atomic E-state index is 11.1. The number of aliphatic hydroxyl groups is 1. The molecule has 0 saturated heterocycles. The van der Waals surface area contributed by atoms with Gasteiger partial charge in [0.25, 0.3) is 0 Å². The molecule has 0 aliphatic carbocycles. The maximum atomic E-state index is 11.1. The number of benzene rings is 1. The minimum absolute atomic E-state index is 0.294. The monoisotopic (exact) mass is 320 g/mol. The van der Waals surface area contributed by atoms with Gasteiger partial charge in [-0.2, -0.15) is 0 Å². The number of hydrogen-bond donors (Lipinski definition) is 1. The number of esters is 1. The van der Waals surface area contributed by atoms with E-state index in [1.807, 2.05) is 24.3 Å². The molecule has 0 aromatic heterocycles. The van der Waals surface area contributed by atoms with Crippen molar-refractivity contribution in [3.05, 3.63) is 33.4 Å². The molecule has 3 nitrogen and oxygen atoms in total. The van der Waals surface area contributed by atoms with E-state index in [2.05, 4.69) is 22.6 Å². The van der Waals surface area contributed by atoms with E-state index in [-0.39, 0.29) is 0 Å². The molecule has 1 rings (SSSR count). The van der Waals surface area contributed by atoms with Crippen molar-refractivity contribution in [2.75, 3.05) is 6.61 Å². The van der Waals surface area contributed by atoms with Gasteiger partial charge in [-0.3, -0.25) is 0 Å². The average molecular weight is 320 g/mol. The highest BCUT2D eigenvalue weighted by Crippen LogP contribution is 2.09. The van der Waals surface area contributed by atoms with E-state index in [0.717, 1.165) is 9.13 Å². The number of carbonyl (C=O) groups excluding carboxylic acids is 1. The number of carbonyl (C=O) groups is 1. The average Bonchev–Trinajstić information content (AvgIpc) is 2.22. The van der Waals surface area contributed by atoms with Crippen LogP contribution < -0.4 is 0 Å². The zero-order valence-corrected chi connectivity index (χ0v) is 10.6. The molecule has 1 aromatic carbocycles. The lowest BCUT2D eigenvalue weighted by molar-refractivity contribution is -0.152. The summed E-state index contributed by atoms with van der Waals surface area (Å²) in [6.45, 7) is 2.01. The van der Waals surface area contributed by atoms with E-state index in [0.29, 0.717) is 13.0 Å². The van der Waals surface area contributed by atoms with Crippen molar-refractivity contribution >= 4 is 28.6 Å². The highest BCUT2D eigenvalue weighted by atomic mass is 127. The highest BCUT2D eigenvalue weighted by Gasteiger charge is 2.16. The number of hydrogen-bond acceptors (Lipinski definition) is 3. The van der Waals surface area contributed by atoms with E-state index in [1.165, 1.54) is 0 Å². The summed E-state index contributed by atoms with van der Waals surface area (Å²) in [5.41, 5.74) is 0.927. The van der Waals surface area contributed by atoms with Gasteiger partial charge in [0.15, 0.2) is 6.10 Å². The van der Waals surface area contributed by atoms with Gasteiger partial charge < -0.3 is 9.84 Å². The molecule has 0 radical (unpaired) electrons. The van der Waals surface area contributed by atoms with Gasteiger partial charge >= 0.3 is 5.97 Å². The first-order chi connectivity index (χ1) is 7.13. The summed E-state index contributed by atoms with van der Waals surface area (Å²) in [6.07, 6.45) is -0.763. The predicted octanol–water partition coefficient (Wildman–Crippen LogP) is 1.76. The van der Waals surface area contributed by atoms with Gasteiger partial charge in [-0.15, -0.1) is 0 Å². The van der Waals surface area contributed by atoms with Crippen molar-refractivity contribution in [2.24, 2.45) is 0 Å². The summed E-state index contributed by atoms with van der Waals surface area (Å²) in [4.78, 5) is 11.1. The molecule has 0 saturated carbocycles. The van der Waals surface area contributed by atoms with Crippen molar-refractivity contribution in [2.45, 2.75) is 19.4 Å². The van der Waals surface area contributed by atoms with Crippen LogP contribution in [0, 0.1) is 3.57 Å². The van der Waals surface area contributed by atoms with Crippen LogP contribution in [0.15, 0.2) is 24.3 Å². The molecule has 0 fully saturated rings. The van der Waals surface area contributed by atoms with Crippen LogP contribution in [-0.2, 0) is 16.0 Å². The van der Waals surface area contributed by atoms with E-state index in [4.69, 9.17) is 4.74 Å². The summed E-state index contributed by atoms with van der Waals surface area (Å²) in [7, 11) is 0. The Hall–Kier alpha value is -0.620. The number of rotatable bonds is 4.